The third-order valence-electron chi connectivity index (χ3n) is 5.31. The summed E-state index contributed by atoms with van der Waals surface area (Å²) in [5, 5.41) is 0. The number of rotatable bonds is 5. The Labute approximate surface area is 161 Å². The summed E-state index contributed by atoms with van der Waals surface area (Å²) in [6.45, 7) is 6.99. The normalized spacial score (nSPS) is 14.8. The van der Waals surface area contributed by atoms with Gasteiger partial charge < -0.3 is 9.80 Å². The fourth-order valence-electron chi connectivity index (χ4n) is 3.49. The molecule has 2 aromatic carbocycles. The van der Waals surface area contributed by atoms with Gasteiger partial charge in [0.1, 0.15) is 0 Å². The zero-order chi connectivity index (χ0) is 19.2. The molecule has 1 heterocycles. The van der Waals surface area contributed by atoms with E-state index in [1.54, 1.807) is 12.1 Å². The van der Waals surface area contributed by atoms with Crippen LogP contribution in [-0.4, -0.2) is 41.2 Å². The van der Waals surface area contributed by atoms with Crippen molar-refractivity contribution < 1.29 is 9.59 Å². The van der Waals surface area contributed by atoms with Crippen LogP contribution in [0, 0.1) is 5.92 Å². The fourth-order valence-corrected chi connectivity index (χ4v) is 3.49. The first-order valence-corrected chi connectivity index (χ1v) is 9.81. The molecule has 0 spiro atoms. The zero-order valence-corrected chi connectivity index (χ0v) is 16.2. The van der Waals surface area contributed by atoms with E-state index in [-0.39, 0.29) is 11.8 Å². The topological polar surface area (TPSA) is 40.6 Å². The number of nitrogens with zero attached hydrogens (tertiary/aromatic N) is 2. The molecule has 0 aromatic heterocycles. The number of benzene rings is 2. The van der Waals surface area contributed by atoms with Crippen molar-refractivity contribution in [2.45, 2.75) is 33.2 Å². The number of carbonyl (C=O) groups is 2. The number of piperidine rings is 1. The lowest BCUT2D eigenvalue weighted by Gasteiger charge is -2.30. The van der Waals surface area contributed by atoms with Gasteiger partial charge in [0.2, 0.25) is 0 Å². The van der Waals surface area contributed by atoms with Crippen molar-refractivity contribution in [1.82, 2.24) is 9.80 Å². The van der Waals surface area contributed by atoms with Gasteiger partial charge in [-0.3, -0.25) is 9.59 Å². The molecule has 0 radical (unpaired) electrons. The van der Waals surface area contributed by atoms with Crippen LogP contribution in [0.1, 0.15) is 53.0 Å². The van der Waals surface area contributed by atoms with Gasteiger partial charge in [-0.25, -0.2) is 0 Å². The molecule has 4 nitrogen and oxygen atoms in total. The Hall–Kier alpha value is -2.62. The minimum Gasteiger partial charge on any atom is -0.339 e. The summed E-state index contributed by atoms with van der Waals surface area (Å²) in [5.74, 6) is 0.670. The molecule has 0 aliphatic carbocycles. The van der Waals surface area contributed by atoms with Crippen LogP contribution in [-0.2, 0) is 6.54 Å². The first-order chi connectivity index (χ1) is 13.1. The van der Waals surface area contributed by atoms with Crippen molar-refractivity contribution in [1.29, 1.82) is 0 Å². The summed E-state index contributed by atoms with van der Waals surface area (Å²) in [5.41, 5.74) is 2.28. The number of amides is 2. The van der Waals surface area contributed by atoms with Gasteiger partial charge in [-0.2, -0.15) is 0 Å². The van der Waals surface area contributed by atoms with E-state index in [2.05, 4.69) is 6.92 Å². The Kier molecular flexibility index (Phi) is 6.28. The molecule has 2 aromatic rings. The monoisotopic (exact) mass is 364 g/mol. The lowest BCUT2D eigenvalue weighted by atomic mass is 9.98. The van der Waals surface area contributed by atoms with E-state index in [1.165, 1.54) is 0 Å². The van der Waals surface area contributed by atoms with Gasteiger partial charge >= 0.3 is 0 Å². The number of hydrogen-bond acceptors (Lipinski definition) is 2. The average molecular weight is 364 g/mol. The Morgan fingerprint density at radius 3 is 2.33 bits per heavy atom. The molecule has 0 atom stereocenters. The Balaban J connectivity index is 1.73. The second kappa shape index (κ2) is 8.85. The van der Waals surface area contributed by atoms with Crippen molar-refractivity contribution in [3.8, 4) is 0 Å². The Bertz CT molecular complexity index is 780. The Morgan fingerprint density at radius 1 is 1.00 bits per heavy atom. The molecule has 27 heavy (non-hydrogen) atoms. The highest BCUT2D eigenvalue weighted by molar-refractivity contribution is 5.99. The molecule has 0 unspecified atom stereocenters. The van der Waals surface area contributed by atoms with Crippen LogP contribution in [0.15, 0.2) is 54.6 Å². The number of carbonyl (C=O) groups excluding carboxylic acids is 2. The molecule has 0 N–H and O–H groups in total. The summed E-state index contributed by atoms with van der Waals surface area (Å²) in [7, 11) is 0. The molecule has 0 bridgehead atoms. The van der Waals surface area contributed by atoms with Crippen molar-refractivity contribution in [2.75, 3.05) is 19.6 Å². The van der Waals surface area contributed by atoms with Crippen LogP contribution in [0.4, 0.5) is 0 Å². The van der Waals surface area contributed by atoms with Gasteiger partial charge in [-0.15, -0.1) is 0 Å². The molecule has 2 amide bonds. The van der Waals surface area contributed by atoms with Crippen molar-refractivity contribution in [2.24, 2.45) is 5.92 Å². The van der Waals surface area contributed by atoms with Crippen molar-refractivity contribution in [3.63, 3.8) is 0 Å². The van der Waals surface area contributed by atoms with Crippen LogP contribution in [0.3, 0.4) is 0 Å². The SMILES string of the molecule is CCN(Cc1ccccc1)C(=O)c1cccc(C(=O)N2CCC(C)CC2)c1. The quantitative estimate of drug-likeness (QED) is 0.797. The maximum absolute atomic E-state index is 13.0. The predicted octanol–water partition coefficient (Wildman–Crippen LogP) is 4.22. The predicted molar refractivity (Wildman–Crippen MR) is 108 cm³/mol. The summed E-state index contributed by atoms with van der Waals surface area (Å²) in [4.78, 5) is 29.5. The summed E-state index contributed by atoms with van der Waals surface area (Å²) >= 11 is 0. The maximum atomic E-state index is 13.0. The number of hydrogen-bond donors (Lipinski definition) is 0. The van der Waals surface area contributed by atoms with Crippen LogP contribution in [0.2, 0.25) is 0 Å². The maximum Gasteiger partial charge on any atom is 0.254 e. The van der Waals surface area contributed by atoms with E-state index in [1.807, 2.05) is 59.2 Å². The lowest BCUT2D eigenvalue weighted by molar-refractivity contribution is 0.0697. The first-order valence-electron chi connectivity index (χ1n) is 9.81. The van der Waals surface area contributed by atoms with Gasteiger partial charge in [0, 0.05) is 37.3 Å². The molecule has 0 saturated carbocycles. The van der Waals surface area contributed by atoms with Crippen LogP contribution < -0.4 is 0 Å². The van der Waals surface area contributed by atoms with Crippen molar-refractivity contribution in [3.05, 3.63) is 71.3 Å². The van der Waals surface area contributed by atoms with E-state index in [4.69, 9.17) is 0 Å². The van der Waals surface area contributed by atoms with E-state index in [0.717, 1.165) is 31.5 Å². The van der Waals surface area contributed by atoms with Gasteiger partial charge in [-0.05, 0) is 49.4 Å². The van der Waals surface area contributed by atoms with Crippen LogP contribution >= 0.6 is 0 Å². The minimum atomic E-state index is -0.0386. The fraction of sp³-hybridized carbons (Fsp3) is 0.391. The average Bonchev–Trinajstić information content (AvgIpc) is 2.72. The smallest absolute Gasteiger partial charge is 0.254 e. The summed E-state index contributed by atoms with van der Waals surface area (Å²) in [6, 6.07) is 17.1. The third kappa shape index (κ3) is 4.76. The summed E-state index contributed by atoms with van der Waals surface area (Å²) in [6.07, 6.45) is 2.09. The van der Waals surface area contributed by atoms with Gasteiger partial charge in [0.15, 0.2) is 0 Å². The van der Waals surface area contributed by atoms with E-state index in [9.17, 15) is 9.59 Å². The van der Waals surface area contributed by atoms with Crippen molar-refractivity contribution >= 4 is 11.8 Å². The molecule has 1 aliphatic rings. The number of likely N-dealkylation sites (tertiary alicyclic amines) is 1. The molecule has 1 aliphatic heterocycles. The van der Waals surface area contributed by atoms with E-state index < -0.39 is 0 Å². The van der Waals surface area contributed by atoms with Gasteiger partial charge in [-0.1, -0.05) is 43.3 Å². The highest BCUT2D eigenvalue weighted by Crippen LogP contribution is 2.19. The van der Waals surface area contributed by atoms with Crippen LogP contribution in [0.25, 0.3) is 0 Å². The largest absolute Gasteiger partial charge is 0.339 e. The minimum absolute atomic E-state index is 0.0302. The van der Waals surface area contributed by atoms with E-state index >= 15 is 0 Å². The molecule has 1 fully saturated rings. The lowest BCUT2D eigenvalue weighted by Crippen LogP contribution is -2.38. The zero-order valence-electron chi connectivity index (χ0n) is 16.2. The Morgan fingerprint density at radius 2 is 1.67 bits per heavy atom. The summed E-state index contributed by atoms with van der Waals surface area (Å²) < 4.78 is 0. The highest BCUT2D eigenvalue weighted by Gasteiger charge is 2.22. The molecular formula is C23H28N2O2. The highest BCUT2D eigenvalue weighted by atomic mass is 16.2. The van der Waals surface area contributed by atoms with E-state index in [0.29, 0.717) is 30.1 Å². The molecule has 1 saturated heterocycles. The van der Waals surface area contributed by atoms with Gasteiger partial charge in [0.25, 0.3) is 11.8 Å². The molecule has 142 valence electrons. The molecular weight excluding hydrogens is 336 g/mol. The standard InChI is InChI=1S/C23H28N2O2/c1-3-24(17-19-8-5-4-6-9-19)22(26)20-10-7-11-21(16-20)23(27)25-14-12-18(2)13-15-25/h4-11,16,18H,3,12-15,17H2,1-2H3. The second-order valence-corrected chi connectivity index (χ2v) is 7.36. The van der Waals surface area contributed by atoms with Crippen LogP contribution in [0.5, 0.6) is 0 Å². The molecule has 4 heteroatoms. The first kappa shape index (κ1) is 19.2. The van der Waals surface area contributed by atoms with Gasteiger partial charge in [0.05, 0.1) is 0 Å². The third-order valence-corrected chi connectivity index (χ3v) is 5.31. The second-order valence-electron chi connectivity index (χ2n) is 7.36. The molecule has 3 rings (SSSR count).